The van der Waals surface area contributed by atoms with Crippen LogP contribution in [0.2, 0.25) is 0 Å². The summed E-state index contributed by atoms with van der Waals surface area (Å²) in [7, 11) is 1.72. The molecule has 1 amide bonds. The first-order valence-electron chi connectivity index (χ1n) is 5.53. The Hall–Kier alpha value is -0.390. The van der Waals surface area contributed by atoms with Gasteiger partial charge in [-0.1, -0.05) is 13.8 Å². The van der Waals surface area contributed by atoms with E-state index in [-0.39, 0.29) is 23.5 Å². The van der Waals surface area contributed by atoms with Crippen LogP contribution in [0.1, 0.15) is 29.9 Å². The lowest BCUT2D eigenvalue weighted by Gasteiger charge is -2.51. The monoisotopic (exact) mass is 317 g/mol. The Labute approximate surface area is 114 Å². The molecule has 0 saturated heterocycles. The zero-order valence-corrected chi connectivity index (χ0v) is 12.5. The fraction of sp³-hybridized carbons (Fsp3) is 0.583. The average molecular weight is 318 g/mol. The van der Waals surface area contributed by atoms with Gasteiger partial charge in [-0.2, -0.15) is 0 Å². The number of hydrogen-bond acceptors (Lipinski definition) is 3. The molecular weight excluding hydrogens is 302 g/mol. The van der Waals surface area contributed by atoms with Crippen molar-refractivity contribution in [3.8, 4) is 0 Å². The van der Waals surface area contributed by atoms with Crippen LogP contribution in [-0.2, 0) is 4.74 Å². The van der Waals surface area contributed by atoms with Gasteiger partial charge in [-0.25, -0.2) is 0 Å². The minimum Gasteiger partial charge on any atom is -0.381 e. The molecule has 1 aromatic rings. The van der Waals surface area contributed by atoms with Crippen molar-refractivity contribution in [2.24, 2.45) is 5.41 Å². The smallest absolute Gasteiger partial charge is 0.262 e. The molecule has 0 radical (unpaired) electrons. The van der Waals surface area contributed by atoms with Crippen molar-refractivity contribution < 1.29 is 9.53 Å². The van der Waals surface area contributed by atoms with Gasteiger partial charge in [-0.3, -0.25) is 4.79 Å². The van der Waals surface area contributed by atoms with E-state index in [2.05, 4.69) is 35.1 Å². The molecule has 1 saturated carbocycles. The standard InChI is InChI=1S/C12H16BrNO2S/c1-12(2)8(6-9(12)16-3)14-11(15)10-7(13)4-5-17-10/h4-5,8-9H,6H2,1-3H3,(H,14,15). The van der Waals surface area contributed by atoms with Gasteiger partial charge in [0, 0.05) is 23.0 Å². The number of methoxy groups -OCH3 is 1. The summed E-state index contributed by atoms with van der Waals surface area (Å²) in [6, 6.07) is 2.08. The lowest BCUT2D eigenvalue weighted by Crippen LogP contribution is -2.61. The molecule has 1 N–H and O–H groups in total. The van der Waals surface area contributed by atoms with Crippen LogP contribution < -0.4 is 5.32 Å². The number of rotatable bonds is 3. The Bertz CT molecular complexity index is 430. The van der Waals surface area contributed by atoms with Crippen LogP contribution in [-0.4, -0.2) is 25.2 Å². The zero-order chi connectivity index (χ0) is 12.6. The second-order valence-electron chi connectivity index (χ2n) is 4.91. The highest BCUT2D eigenvalue weighted by Crippen LogP contribution is 2.42. The highest BCUT2D eigenvalue weighted by molar-refractivity contribution is 9.10. The maximum atomic E-state index is 12.0. The first-order valence-corrected chi connectivity index (χ1v) is 7.20. The third-order valence-corrected chi connectivity index (χ3v) is 5.43. The van der Waals surface area contributed by atoms with Gasteiger partial charge in [0.1, 0.15) is 4.88 Å². The molecule has 17 heavy (non-hydrogen) atoms. The van der Waals surface area contributed by atoms with E-state index in [1.54, 1.807) is 7.11 Å². The molecule has 0 aromatic carbocycles. The Morgan fingerprint density at radius 2 is 2.35 bits per heavy atom. The number of hydrogen-bond donors (Lipinski definition) is 1. The average Bonchev–Trinajstić information content (AvgIpc) is 2.69. The first-order chi connectivity index (χ1) is 7.96. The van der Waals surface area contributed by atoms with E-state index < -0.39 is 0 Å². The fourth-order valence-corrected chi connectivity index (χ4v) is 3.66. The molecule has 1 aliphatic rings. The molecule has 2 rings (SSSR count). The predicted molar refractivity (Wildman–Crippen MR) is 72.5 cm³/mol. The van der Waals surface area contributed by atoms with E-state index in [4.69, 9.17) is 4.74 Å². The van der Waals surface area contributed by atoms with E-state index in [1.807, 2.05) is 11.4 Å². The van der Waals surface area contributed by atoms with E-state index in [9.17, 15) is 4.79 Å². The molecule has 5 heteroatoms. The second kappa shape index (κ2) is 4.71. The normalized spacial score (nSPS) is 26.4. The molecular formula is C12H16BrNO2S. The van der Waals surface area contributed by atoms with E-state index in [1.165, 1.54) is 11.3 Å². The lowest BCUT2D eigenvalue weighted by atomic mass is 9.64. The third kappa shape index (κ3) is 2.28. The number of thiophene rings is 1. The van der Waals surface area contributed by atoms with Crippen molar-refractivity contribution in [2.75, 3.05) is 7.11 Å². The molecule has 3 nitrogen and oxygen atoms in total. The number of ether oxygens (including phenoxy) is 1. The van der Waals surface area contributed by atoms with E-state index >= 15 is 0 Å². The largest absolute Gasteiger partial charge is 0.381 e. The molecule has 94 valence electrons. The minimum atomic E-state index is -0.000460. The maximum absolute atomic E-state index is 12.0. The molecule has 2 unspecified atom stereocenters. The topological polar surface area (TPSA) is 38.3 Å². The van der Waals surface area contributed by atoms with Gasteiger partial charge >= 0.3 is 0 Å². The first kappa shape index (κ1) is 13.1. The Morgan fingerprint density at radius 3 is 2.82 bits per heavy atom. The second-order valence-corrected chi connectivity index (χ2v) is 6.68. The summed E-state index contributed by atoms with van der Waals surface area (Å²) < 4.78 is 6.23. The number of carbonyl (C=O) groups excluding carboxylic acids is 1. The summed E-state index contributed by atoms with van der Waals surface area (Å²) >= 11 is 4.83. The molecule has 1 heterocycles. The van der Waals surface area contributed by atoms with Crippen molar-refractivity contribution in [2.45, 2.75) is 32.4 Å². The van der Waals surface area contributed by atoms with Crippen molar-refractivity contribution >= 4 is 33.2 Å². The molecule has 1 aliphatic carbocycles. The number of halogens is 1. The van der Waals surface area contributed by atoms with Gasteiger partial charge in [0.2, 0.25) is 0 Å². The molecule has 2 atom stereocenters. The molecule has 0 spiro atoms. The van der Waals surface area contributed by atoms with Gasteiger partial charge in [-0.05, 0) is 33.8 Å². The van der Waals surface area contributed by atoms with Crippen LogP contribution >= 0.6 is 27.3 Å². The Morgan fingerprint density at radius 1 is 1.65 bits per heavy atom. The Kier molecular flexibility index (Phi) is 3.61. The lowest BCUT2D eigenvalue weighted by molar-refractivity contribution is -0.0942. The fourth-order valence-electron chi connectivity index (χ4n) is 2.21. The summed E-state index contributed by atoms with van der Waals surface area (Å²) in [5, 5.41) is 4.98. The molecule has 1 aromatic heterocycles. The van der Waals surface area contributed by atoms with Crippen molar-refractivity contribution in [1.29, 1.82) is 0 Å². The molecule has 0 aliphatic heterocycles. The van der Waals surface area contributed by atoms with Crippen molar-refractivity contribution in [3.63, 3.8) is 0 Å². The summed E-state index contributed by atoms with van der Waals surface area (Å²) in [5.74, 6) is -0.000460. The van der Waals surface area contributed by atoms with E-state index in [0.29, 0.717) is 0 Å². The van der Waals surface area contributed by atoms with Crippen molar-refractivity contribution in [1.82, 2.24) is 5.32 Å². The molecule has 1 fully saturated rings. The highest BCUT2D eigenvalue weighted by Gasteiger charge is 2.49. The Balaban J connectivity index is 2.00. The number of amides is 1. The maximum Gasteiger partial charge on any atom is 0.262 e. The predicted octanol–water partition coefficient (Wildman–Crippen LogP) is 3.05. The SMILES string of the molecule is COC1CC(NC(=O)c2sccc2Br)C1(C)C. The zero-order valence-electron chi connectivity index (χ0n) is 10.1. The van der Waals surface area contributed by atoms with Gasteiger partial charge in [-0.15, -0.1) is 11.3 Å². The van der Waals surface area contributed by atoms with Crippen molar-refractivity contribution in [3.05, 3.63) is 20.8 Å². The number of nitrogens with one attached hydrogen (secondary N) is 1. The summed E-state index contributed by atoms with van der Waals surface area (Å²) in [6.07, 6.45) is 1.12. The van der Waals surface area contributed by atoms with Gasteiger partial charge in [0.25, 0.3) is 5.91 Å². The van der Waals surface area contributed by atoms with Crippen LogP contribution in [0.4, 0.5) is 0 Å². The van der Waals surface area contributed by atoms with Crippen LogP contribution in [0.5, 0.6) is 0 Å². The van der Waals surface area contributed by atoms with Gasteiger partial charge in [0.15, 0.2) is 0 Å². The summed E-state index contributed by atoms with van der Waals surface area (Å²) in [5.41, 5.74) is 0.00808. The van der Waals surface area contributed by atoms with Crippen LogP contribution in [0.25, 0.3) is 0 Å². The molecule has 0 bridgehead atoms. The van der Waals surface area contributed by atoms with Crippen LogP contribution in [0, 0.1) is 5.41 Å². The number of carbonyl (C=O) groups is 1. The quantitative estimate of drug-likeness (QED) is 0.930. The van der Waals surface area contributed by atoms with Crippen LogP contribution in [0.15, 0.2) is 15.9 Å². The van der Waals surface area contributed by atoms with Gasteiger partial charge < -0.3 is 10.1 Å². The minimum absolute atomic E-state index is 0.000460. The van der Waals surface area contributed by atoms with Gasteiger partial charge in [0.05, 0.1) is 6.10 Å². The summed E-state index contributed by atoms with van der Waals surface area (Å²) in [4.78, 5) is 12.8. The van der Waals surface area contributed by atoms with Crippen LogP contribution in [0.3, 0.4) is 0 Å². The van der Waals surface area contributed by atoms with E-state index in [0.717, 1.165) is 15.8 Å². The highest BCUT2D eigenvalue weighted by atomic mass is 79.9. The third-order valence-electron chi connectivity index (χ3n) is 3.59. The summed E-state index contributed by atoms with van der Waals surface area (Å²) in [6.45, 7) is 4.25.